The molecule has 15 heavy (non-hydrogen) atoms. The fourth-order valence-corrected chi connectivity index (χ4v) is 2.42. The number of benzene rings is 1. The number of anilines is 1. The van der Waals surface area contributed by atoms with Crippen molar-refractivity contribution in [3.05, 3.63) is 29.3 Å². The molecule has 0 saturated heterocycles. The van der Waals surface area contributed by atoms with Gasteiger partial charge in [0, 0.05) is 17.8 Å². The van der Waals surface area contributed by atoms with Crippen LogP contribution in [0.2, 0.25) is 0 Å². The summed E-state index contributed by atoms with van der Waals surface area (Å²) < 4.78 is 0. The molecular weight excluding hydrogens is 184 g/mol. The van der Waals surface area contributed by atoms with Crippen molar-refractivity contribution in [2.45, 2.75) is 32.4 Å². The molecule has 82 valence electrons. The van der Waals surface area contributed by atoms with E-state index >= 15 is 0 Å². The average Bonchev–Trinajstić information content (AvgIpc) is 2.18. The Balaban J connectivity index is 2.46. The van der Waals surface area contributed by atoms with Gasteiger partial charge in [-0.2, -0.15) is 0 Å². The van der Waals surface area contributed by atoms with Gasteiger partial charge in [0.2, 0.25) is 0 Å². The molecule has 0 spiro atoms. The van der Waals surface area contributed by atoms with Crippen molar-refractivity contribution in [2.75, 3.05) is 19.4 Å². The Bertz CT molecular complexity index is 358. The van der Waals surface area contributed by atoms with Crippen molar-refractivity contribution in [1.82, 2.24) is 4.90 Å². The molecule has 1 aromatic carbocycles. The fourth-order valence-electron chi connectivity index (χ4n) is 2.42. The summed E-state index contributed by atoms with van der Waals surface area (Å²) in [7, 11) is 4.32. The summed E-state index contributed by atoms with van der Waals surface area (Å²) in [5, 5.41) is 3.59. The number of hydrogen-bond acceptors (Lipinski definition) is 2. The second-order valence-corrected chi connectivity index (χ2v) is 4.80. The van der Waals surface area contributed by atoms with E-state index in [0.717, 1.165) is 0 Å². The summed E-state index contributed by atoms with van der Waals surface area (Å²) in [5.74, 6) is 0. The number of nitrogens with zero attached hydrogens (tertiary/aromatic N) is 1. The van der Waals surface area contributed by atoms with E-state index in [9.17, 15) is 0 Å². The van der Waals surface area contributed by atoms with Crippen LogP contribution in [0.3, 0.4) is 0 Å². The van der Waals surface area contributed by atoms with E-state index in [-0.39, 0.29) is 0 Å². The van der Waals surface area contributed by atoms with Gasteiger partial charge in [-0.05, 0) is 45.5 Å². The minimum Gasteiger partial charge on any atom is -0.382 e. The Morgan fingerprint density at radius 2 is 2.07 bits per heavy atom. The van der Waals surface area contributed by atoms with E-state index in [4.69, 9.17) is 0 Å². The highest BCUT2D eigenvalue weighted by Gasteiger charge is 2.26. The molecular formula is C13H20N2. The number of para-hydroxylation sites is 1. The van der Waals surface area contributed by atoms with E-state index in [0.29, 0.717) is 12.1 Å². The van der Waals surface area contributed by atoms with Gasteiger partial charge in [-0.25, -0.2) is 0 Å². The Morgan fingerprint density at radius 3 is 2.73 bits per heavy atom. The molecule has 0 radical (unpaired) electrons. The van der Waals surface area contributed by atoms with Crippen molar-refractivity contribution >= 4 is 5.69 Å². The van der Waals surface area contributed by atoms with Gasteiger partial charge >= 0.3 is 0 Å². The van der Waals surface area contributed by atoms with Crippen molar-refractivity contribution in [3.63, 3.8) is 0 Å². The normalized spacial score (nSPS) is 24.9. The van der Waals surface area contributed by atoms with Crippen LogP contribution in [0.25, 0.3) is 0 Å². The first kappa shape index (κ1) is 10.5. The van der Waals surface area contributed by atoms with Crippen molar-refractivity contribution in [2.24, 2.45) is 0 Å². The number of aryl methyl sites for hydroxylation is 1. The maximum Gasteiger partial charge on any atom is 0.0420 e. The van der Waals surface area contributed by atoms with Gasteiger partial charge in [-0.3, -0.25) is 0 Å². The molecule has 1 aliphatic rings. The molecule has 0 saturated carbocycles. The van der Waals surface area contributed by atoms with E-state index in [1.54, 1.807) is 0 Å². The minimum absolute atomic E-state index is 0.552. The molecule has 0 fully saturated rings. The van der Waals surface area contributed by atoms with Crippen LogP contribution >= 0.6 is 0 Å². The average molecular weight is 204 g/mol. The molecule has 0 aliphatic carbocycles. The van der Waals surface area contributed by atoms with E-state index in [2.05, 4.69) is 56.4 Å². The fraction of sp³-hybridized carbons (Fsp3) is 0.538. The van der Waals surface area contributed by atoms with Crippen molar-refractivity contribution < 1.29 is 0 Å². The third-order valence-electron chi connectivity index (χ3n) is 3.25. The number of hydrogen-bond donors (Lipinski definition) is 1. The second-order valence-electron chi connectivity index (χ2n) is 4.80. The Hall–Kier alpha value is -1.02. The van der Waals surface area contributed by atoms with Gasteiger partial charge in [0.1, 0.15) is 0 Å². The highest BCUT2D eigenvalue weighted by Crippen LogP contribution is 2.36. The molecule has 1 aliphatic heterocycles. The summed E-state index contributed by atoms with van der Waals surface area (Å²) in [5.41, 5.74) is 4.14. The lowest BCUT2D eigenvalue weighted by Crippen LogP contribution is -2.32. The molecule has 1 aromatic rings. The first-order valence-corrected chi connectivity index (χ1v) is 5.62. The second kappa shape index (κ2) is 3.86. The molecule has 0 aromatic heterocycles. The van der Waals surface area contributed by atoms with Crippen LogP contribution in [0, 0.1) is 6.92 Å². The topological polar surface area (TPSA) is 15.3 Å². The van der Waals surface area contributed by atoms with Gasteiger partial charge in [0.05, 0.1) is 0 Å². The smallest absolute Gasteiger partial charge is 0.0420 e. The molecule has 2 rings (SSSR count). The summed E-state index contributed by atoms with van der Waals surface area (Å²) in [6, 6.07) is 7.69. The van der Waals surface area contributed by atoms with Crippen LogP contribution in [-0.4, -0.2) is 25.0 Å². The molecule has 1 heterocycles. The lowest BCUT2D eigenvalue weighted by atomic mass is 9.91. The van der Waals surface area contributed by atoms with Gasteiger partial charge in [-0.1, -0.05) is 18.2 Å². The van der Waals surface area contributed by atoms with Crippen LogP contribution in [0.4, 0.5) is 5.69 Å². The molecule has 2 atom stereocenters. The zero-order chi connectivity index (χ0) is 11.0. The standard InChI is InChI=1S/C13H20N2/c1-9-6-5-7-11-12(15(3)4)8-10(2)14-13(9)11/h5-7,10,12,14H,8H2,1-4H3. The SMILES string of the molecule is Cc1cccc2c1NC(C)CC2N(C)C. The summed E-state index contributed by atoms with van der Waals surface area (Å²) in [6.45, 7) is 4.43. The largest absolute Gasteiger partial charge is 0.382 e. The highest BCUT2D eigenvalue weighted by molar-refractivity contribution is 5.60. The van der Waals surface area contributed by atoms with Gasteiger partial charge in [0.15, 0.2) is 0 Å². The summed E-state index contributed by atoms with van der Waals surface area (Å²) >= 11 is 0. The summed E-state index contributed by atoms with van der Waals surface area (Å²) in [4.78, 5) is 2.32. The van der Waals surface area contributed by atoms with E-state index < -0.39 is 0 Å². The van der Waals surface area contributed by atoms with E-state index in [1.807, 2.05) is 0 Å². The number of nitrogens with one attached hydrogen (secondary N) is 1. The molecule has 1 N–H and O–H groups in total. The zero-order valence-electron chi connectivity index (χ0n) is 10.0. The van der Waals surface area contributed by atoms with E-state index in [1.165, 1.54) is 23.2 Å². The molecule has 2 heteroatoms. The quantitative estimate of drug-likeness (QED) is 0.756. The zero-order valence-corrected chi connectivity index (χ0v) is 10.0. The summed E-state index contributed by atoms with van der Waals surface area (Å²) in [6.07, 6.45) is 1.18. The van der Waals surface area contributed by atoms with Crippen molar-refractivity contribution in [1.29, 1.82) is 0 Å². The van der Waals surface area contributed by atoms with Crippen LogP contribution in [0.1, 0.15) is 30.5 Å². The first-order chi connectivity index (χ1) is 7.09. The molecule has 0 bridgehead atoms. The highest BCUT2D eigenvalue weighted by atomic mass is 15.1. The number of rotatable bonds is 1. The Labute approximate surface area is 92.3 Å². The minimum atomic E-state index is 0.552. The van der Waals surface area contributed by atoms with Gasteiger partial charge in [0.25, 0.3) is 0 Å². The third kappa shape index (κ3) is 1.86. The van der Waals surface area contributed by atoms with Gasteiger partial charge < -0.3 is 10.2 Å². The maximum atomic E-state index is 3.59. The van der Waals surface area contributed by atoms with Crippen LogP contribution in [-0.2, 0) is 0 Å². The number of fused-ring (bicyclic) bond motifs is 1. The third-order valence-corrected chi connectivity index (χ3v) is 3.25. The predicted molar refractivity (Wildman–Crippen MR) is 65.3 cm³/mol. The van der Waals surface area contributed by atoms with Crippen LogP contribution in [0.15, 0.2) is 18.2 Å². The first-order valence-electron chi connectivity index (χ1n) is 5.62. The molecule has 0 amide bonds. The van der Waals surface area contributed by atoms with Crippen LogP contribution < -0.4 is 5.32 Å². The molecule has 2 unspecified atom stereocenters. The van der Waals surface area contributed by atoms with Crippen LogP contribution in [0.5, 0.6) is 0 Å². The predicted octanol–water partition coefficient (Wildman–Crippen LogP) is 2.80. The van der Waals surface area contributed by atoms with Crippen molar-refractivity contribution in [3.8, 4) is 0 Å². The molecule has 2 nitrogen and oxygen atoms in total. The Kier molecular flexibility index (Phi) is 2.70. The monoisotopic (exact) mass is 204 g/mol. The van der Waals surface area contributed by atoms with Gasteiger partial charge in [-0.15, -0.1) is 0 Å². The lowest BCUT2D eigenvalue weighted by Gasteiger charge is -2.36. The Morgan fingerprint density at radius 1 is 1.33 bits per heavy atom. The maximum absolute atomic E-state index is 3.59. The lowest BCUT2D eigenvalue weighted by molar-refractivity contribution is 0.270.